The van der Waals surface area contributed by atoms with Gasteiger partial charge in [0.05, 0.1) is 15.3 Å². The Morgan fingerprint density at radius 3 is 2.37 bits per heavy atom. The van der Waals surface area contributed by atoms with Gasteiger partial charge in [-0.1, -0.05) is 84.9 Å². The van der Waals surface area contributed by atoms with E-state index in [1.165, 1.54) is 0 Å². The lowest BCUT2D eigenvalue weighted by Gasteiger charge is -2.11. The molecule has 5 aromatic rings. The zero-order valence-electron chi connectivity index (χ0n) is 17.8. The minimum Gasteiger partial charge on any atom is -0.233 e. The Hall–Kier alpha value is -3.52. The van der Waals surface area contributed by atoms with Gasteiger partial charge in [-0.15, -0.1) is 0 Å². The molecule has 5 rings (SSSR count). The van der Waals surface area contributed by atoms with Crippen molar-refractivity contribution in [3.8, 4) is 22.4 Å². The maximum atomic E-state index is 8.64. The lowest BCUT2D eigenvalue weighted by Crippen LogP contribution is -1.95. The van der Waals surface area contributed by atoms with Crippen molar-refractivity contribution in [2.24, 2.45) is 0 Å². The number of fused-ring (bicyclic) bond motifs is 2. The van der Waals surface area contributed by atoms with Gasteiger partial charge in [0, 0.05) is 16.5 Å². The first kappa shape index (κ1) is 12.8. The largest absolute Gasteiger partial charge is 0.233 e. The fourth-order valence-electron chi connectivity index (χ4n) is 3.45. The minimum absolute atomic E-state index is 0.0138. The summed E-state index contributed by atoms with van der Waals surface area (Å²) in [5.74, 6) is 0.569. The second-order valence-electron chi connectivity index (χ2n) is 6.52. The predicted molar refractivity (Wildman–Crippen MR) is 113 cm³/mol. The van der Waals surface area contributed by atoms with Gasteiger partial charge in [0.1, 0.15) is 5.82 Å². The molecule has 0 aliphatic heterocycles. The van der Waals surface area contributed by atoms with E-state index in [0.29, 0.717) is 28.0 Å². The summed E-state index contributed by atoms with van der Waals surface area (Å²) in [5, 5.41) is 2.67. The van der Waals surface area contributed by atoms with Crippen LogP contribution in [0.3, 0.4) is 0 Å². The lowest BCUT2D eigenvalue weighted by molar-refractivity contribution is 1.10. The highest BCUT2D eigenvalue weighted by Crippen LogP contribution is 2.33. The minimum atomic E-state index is -0.115. The number of aromatic nitrogens is 2. The third kappa shape index (κ3) is 2.76. The molecule has 0 amide bonds. The molecule has 0 aliphatic carbocycles. The van der Waals surface area contributed by atoms with E-state index in [9.17, 15) is 0 Å². The van der Waals surface area contributed by atoms with Gasteiger partial charge in [0.15, 0.2) is 0 Å². The molecule has 0 N–H and O–H groups in total. The zero-order chi connectivity index (χ0) is 20.8. The Bertz CT molecular complexity index is 1430. The molecule has 4 aromatic carbocycles. The second kappa shape index (κ2) is 6.33. The van der Waals surface area contributed by atoms with Crippen LogP contribution in [-0.2, 0) is 0 Å². The van der Waals surface area contributed by atoms with Gasteiger partial charge >= 0.3 is 0 Å². The van der Waals surface area contributed by atoms with Crippen LogP contribution >= 0.6 is 0 Å². The third-order valence-corrected chi connectivity index (χ3v) is 4.72. The Morgan fingerprint density at radius 2 is 1.52 bits per heavy atom. The standard InChI is InChI=1S/C25H18N2/c1-17-26-24(19-9-3-2-4-10-19)23-13-7-12-22(25(23)27-17)21-15-14-18-8-5-6-11-20(18)16-21/h2-16H,1H3/i7D,12D,13D. The first-order valence-electron chi connectivity index (χ1n) is 10.4. The number of nitrogens with zero attached hydrogens (tertiary/aromatic N) is 2. The van der Waals surface area contributed by atoms with Crippen molar-refractivity contribution in [2.75, 3.05) is 0 Å². The van der Waals surface area contributed by atoms with Gasteiger partial charge < -0.3 is 0 Å². The van der Waals surface area contributed by atoms with Crippen LogP contribution in [0, 0.1) is 6.92 Å². The summed E-state index contributed by atoms with van der Waals surface area (Å²) >= 11 is 0. The van der Waals surface area contributed by atoms with E-state index in [1.54, 1.807) is 0 Å². The Labute approximate surface area is 162 Å². The fraction of sp³-hybridized carbons (Fsp3) is 0.0400. The van der Waals surface area contributed by atoms with Crippen molar-refractivity contribution < 1.29 is 4.11 Å². The molecule has 0 saturated heterocycles. The Morgan fingerprint density at radius 1 is 0.741 bits per heavy atom. The van der Waals surface area contributed by atoms with E-state index in [4.69, 9.17) is 4.11 Å². The molecule has 0 unspecified atom stereocenters. The van der Waals surface area contributed by atoms with Crippen LogP contribution in [0.25, 0.3) is 44.1 Å². The van der Waals surface area contributed by atoms with Gasteiger partial charge in [-0.25, -0.2) is 9.97 Å². The van der Waals surface area contributed by atoms with Crippen LogP contribution in [0.4, 0.5) is 0 Å². The molecule has 0 spiro atoms. The molecule has 0 atom stereocenters. The van der Waals surface area contributed by atoms with E-state index in [-0.39, 0.29) is 18.1 Å². The summed E-state index contributed by atoms with van der Waals surface area (Å²) in [4.78, 5) is 9.26. The van der Waals surface area contributed by atoms with Gasteiger partial charge in [-0.2, -0.15) is 0 Å². The van der Waals surface area contributed by atoms with Crippen LogP contribution in [-0.4, -0.2) is 9.97 Å². The molecule has 2 heteroatoms. The molecule has 0 saturated carbocycles. The molecular formula is C25H18N2. The van der Waals surface area contributed by atoms with Crippen molar-refractivity contribution >= 4 is 21.7 Å². The van der Waals surface area contributed by atoms with Gasteiger partial charge in [0.25, 0.3) is 0 Å². The topological polar surface area (TPSA) is 25.8 Å². The molecule has 27 heavy (non-hydrogen) atoms. The van der Waals surface area contributed by atoms with E-state index >= 15 is 0 Å². The zero-order valence-corrected chi connectivity index (χ0v) is 14.8. The van der Waals surface area contributed by atoms with E-state index in [0.717, 1.165) is 21.9 Å². The summed E-state index contributed by atoms with van der Waals surface area (Å²) in [6.07, 6.45) is 0. The monoisotopic (exact) mass is 349 g/mol. The normalized spacial score (nSPS) is 12.7. The first-order chi connectivity index (χ1) is 14.5. The van der Waals surface area contributed by atoms with Gasteiger partial charge in [-0.05, 0) is 29.3 Å². The van der Waals surface area contributed by atoms with Crippen molar-refractivity contribution in [2.45, 2.75) is 6.92 Å². The fourth-order valence-corrected chi connectivity index (χ4v) is 3.45. The third-order valence-electron chi connectivity index (χ3n) is 4.72. The van der Waals surface area contributed by atoms with Gasteiger partial charge in [-0.3, -0.25) is 0 Å². The summed E-state index contributed by atoms with van der Waals surface area (Å²) in [6.45, 7) is 1.82. The molecule has 0 aliphatic rings. The van der Waals surface area contributed by atoms with Crippen LogP contribution < -0.4 is 0 Å². The average Bonchev–Trinajstić information content (AvgIpc) is 2.77. The van der Waals surface area contributed by atoms with Crippen LogP contribution in [0.5, 0.6) is 0 Å². The van der Waals surface area contributed by atoms with Crippen LogP contribution in [0.15, 0.2) is 90.9 Å². The summed E-state index contributed by atoms with van der Waals surface area (Å²) < 4.78 is 25.7. The van der Waals surface area contributed by atoms with Crippen molar-refractivity contribution in [1.29, 1.82) is 0 Å². The maximum Gasteiger partial charge on any atom is 0.126 e. The average molecular weight is 349 g/mol. The molecule has 1 heterocycles. The number of rotatable bonds is 2. The summed E-state index contributed by atoms with van der Waals surface area (Å²) in [6, 6.07) is 23.6. The predicted octanol–water partition coefficient (Wildman–Crippen LogP) is 6.43. The highest BCUT2D eigenvalue weighted by Gasteiger charge is 2.12. The summed E-state index contributed by atoms with van der Waals surface area (Å²) in [7, 11) is 0. The smallest absolute Gasteiger partial charge is 0.126 e. The molecule has 128 valence electrons. The molecule has 1 aromatic heterocycles. The molecular weight excluding hydrogens is 328 g/mol. The summed E-state index contributed by atoms with van der Waals surface area (Å²) in [5.41, 5.74) is 3.41. The molecule has 0 fully saturated rings. The molecule has 0 radical (unpaired) electrons. The first-order valence-corrected chi connectivity index (χ1v) is 8.87. The number of hydrogen-bond donors (Lipinski definition) is 0. The van der Waals surface area contributed by atoms with Crippen molar-refractivity contribution in [1.82, 2.24) is 9.97 Å². The SMILES string of the molecule is [2H]c1c([2H])c([2H])c2c(-c3ccccc3)nc(C)nc2c1-c1ccc2ccccc2c1. The second-order valence-corrected chi connectivity index (χ2v) is 6.52. The van der Waals surface area contributed by atoms with Gasteiger partial charge in [0.2, 0.25) is 0 Å². The van der Waals surface area contributed by atoms with Crippen molar-refractivity contribution in [3.05, 3.63) is 96.7 Å². The number of para-hydroxylation sites is 1. The van der Waals surface area contributed by atoms with E-state index in [2.05, 4.69) is 9.97 Å². The van der Waals surface area contributed by atoms with Crippen LogP contribution in [0.1, 0.15) is 9.94 Å². The highest BCUT2D eigenvalue weighted by atomic mass is 14.9. The number of hydrogen-bond acceptors (Lipinski definition) is 2. The molecule has 2 nitrogen and oxygen atoms in total. The van der Waals surface area contributed by atoms with E-state index in [1.807, 2.05) is 79.7 Å². The quantitative estimate of drug-likeness (QED) is 0.367. The lowest BCUT2D eigenvalue weighted by atomic mass is 9.97. The Balaban J connectivity index is 1.92. The number of aryl methyl sites for hydroxylation is 1. The van der Waals surface area contributed by atoms with Crippen LogP contribution in [0.2, 0.25) is 0 Å². The number of benzene rings is 4. The van der Waals surface area contributed by atoms with E-state index < -0.39 is 0 Å². The van der Waals surface area contributed by atoms with Crippen molar-refractivity contribution in [3.63, 3.8) is 0 Å². The molecule has 0 bridgehead atoms. The maximum absolute atomic E-state index is 8.64. The highest BCUT2D eigenvalue weighted by molar-refractivity contribution is 6.02. The Kier molecular flexibility index (Phi) is 2.99.